The number of methoxy groups -OCH3 is 1. The molecule has 22 heavy (non-hydrogen) atoms. The number of halogens is 1. The maximum Gasteiger partial charge on any atom is 0.273 e. The Balaban J connectivity index is 1.90. The van der Waals surface area contributed by atoms with Crippen molar-refractivity contribution in [2.45, 2.75) is 0 Å². The van der Waals surface area contributed by atoms with Crippen LogP contribution < -0.4 is 20.9 Å². The average Bonchev–Trinajstić information content (AvgIpc) is 2.54. The van der Waals surface area contributed by atoms with Gasteiger partial charge in [-0.1, -0.05) is 23.7 Å². The summed E-state index contributed by atoms with van der Waals surface area (Å²) >= 11 is 10.9. The second kappa shape index (κ2) is 7.63. The lowest BCUT2D eigenvalue weighted by Gasteiger charge is -2.13. The molecule has 1 amide bonds. The van der Waals surface area contributed by atoms with Crippen LogP contribution in [0, 0.1) is 0 Å². The van der Waals surface area contributed by atoms with Crippen LogP contribution in [0.5, 0.6) is 5.75 Å². The quantitative estimate of drug-likeness (QED) is 0.594. The molecule has 0 saturated carbocycles. The number of carbonyl (C=O) groups excluding carboxylic acids is 1. The van der Waals surface area contributed by atoms with Gasteiger partial charge in [0.05, 0.1) is 12.7 Å². The van der Waals surface area contributed by atoms with Crippen LogP contribution in [-0.4, -0.2) is 18.1 Å². The molecule has 2 aromatic carbocycles. The van der Waals surface area contributed by atoms with Crippen LogP contribution in [0.1, 0.15) is 10.4 Å². The standard InChI is InChI=1S/C15H14ClN3O2S/c1-21-13-5-3-2-4-12(13)14(20)18-19-15(22)17-11-8-6-10(16)7-9-11/h2-9H,1H3,(H,18,20)(H2,17,19,22). The normalized spacial score (nSPS) is 9.73. The van der Waals surface area contributed by atoms with E-state index in [2.05, 4.69) is 16.2 Å². The van der Waals surface area contributed by atoms with E-state index in [4.69, 9.17) is 28.6 Å². The molecular weight excluding hydrogens is 322 g/mol. The first-order valence-electron chi connectivity index (χ1n) is 6.36. The van der Waals surface area contributed by atoms with E-state index in [0.29, 0.717) is 16.3 Å². The molecule has 114 valence electrons. The Morgan fingerprint density at radius 3 is 2.45 bits per heavy atom. The zero-order valence-corrected chi connectivity index (χ0v) is 13.3. The zero-order chi connectivity index (χ0) is 15.9. The molecule has 0 saturated heterocycles. The van der Waals surface area contributed by atoms with Crippen LogP contribution in [-0.2, 0) is 0 Å². The number of hydrogen-bond donors (Lipinski definition) is 3. The molecule has 5 nitrogen and oxygen atoms in total. The predicted octanol–water partition coefficient (Wildman–Crippen LogP) is 2.98. The summed E-state index contributed by atoms with van der Waals surface area (Å²) in [6.45, 7) is 0. The van der Waals surface area contributed by atoms with Crippen LogP contribution in [0.2, 0.25) is 5.02 Å². The third kappa shape index (κ3) is 4.34. The highest BCUT2D eigenvalue weighted by Crippen LogP contribution is 2.16. The predicted molar refractivity (Wildman–Crippen MR) is 91.3 cm³/mol. The minimum absolute atomic E-state index is 0.255. The average molecular weight is 336 g/mol. The topological polar surface area (TPSA) is 62.4 Å². The lowest BCUT2D eigenvalue weighted by Crippen LogP contribution is -2.43. The Kier molecular flexibility index (Phi) is 5.57. The number of para-hydroxylation sites is 1. The van der Waals surface area contributed by atoms with Gasteiger partial charge in [-0.3, -0.25) is 15.6 Å². The summed E-state index contributed by atoms with van der Waals surface area (Å²) in [6.07, 6.45) is 0. The summed E-state index contributed by atoms with van der Waals surface area (Å²) in [5, 5.41) is 3.81. The SMILES string of the molecule is COc1ccccc1C(=O)NNC(=S)Nc1ccc(Cl)cc1. The highest BCUT2D eigenvalue weighted by atomic mass is 35.5. The first-order valence-corrected chi connectivity index (χ1v) is 7.14. The summed E-state index contributed by atoms with van der Waals surface area (Å²) < 4.78 is 5.13. The first-order chi connectivity index (χ1) is 10.6. The Labute approximate surface area is 138 Å². The summed E-state index contributed by atoms with van der Waals surface area (Å²) in [5.41, 5.74) is 6.30. The zero-order valence-electron chi connectivity index (χ0n) is 11.7. The van der Waals surface area contributed by atoms with Crippen LogP contribution in [0.15, 0.2) is 48.5 Å². The maximum absolute atomic E-state index is 12.1. The largest absolute Gasteiger partial charge is 0.496 e. The van der Waals surface area contributed by atoms with Gasteiger partial charge < -0.3 is 10.1 Å². The molecule has 2 rings (SSSR count). The van der Waals surface area contributed by atoms with Crippen molar-refractivity contribution in [3.8, 4) is 5.75 Å². The van der Waals surface area contributed by atoms with Crippen molar-refractivity contribution in [1.29, 1.82) is 0 Å². The molecule has 0 atom stereocenters. The summed E-state index contributed by atoms with van der Waals surface area (Å²) in [6, 6.07) is 13.9. The number of anilines is 1. The number of carbonyl (C=O) groups is 1. The molecule has 7 heteroatoms. The summed E-state index contributed by atoms with van der Waals surface area (Å²) in [5.74, 6) is 0.135. The Morgan fingerprint density at radius 1 is 1.09 bits per heavy atom. The minimum Gasteiger partial charge on any atom is -0.496 e. The Bertz CT molecular complexity index is 677. The lowest BCUT2D eigenvalue weighted by atomic mass is 10.2. The molecular formula is C15H14ClN3O2S. The van der Waals surface area contributed by atoms with Gasteiger partial charge in [0.2, 0.25) is 0 Å². The molecule has 0 spiro atoms. The van der Waals surface area contributed by atoms with Gasteiger partial charge in [0.25, 0.3) is 5.91 Å². The van der Waals surface area contributed by atoms with Crippen LogP contribution in [0.4, 0.5) is 5.69 Å². The van der Waals surface area contributed by atoms with Crippen molar-refractivity contribution in [3.05, 3.63) is 59.1 Å². The van der Waals surface area contributed by atoms with E-state index in [1.807, 2.05) is 0 Å². The van der Waals surface area contributed by atoms with E-state index < -0.39 is 0 Å². The van der Waals surface area contributed by atoms with Gasteiger partial charge in [-0.25, -0.2) is 0 Å². The van der Waals surface area contributed by atoms with Crippen molar-refractivity contribution in [2.24, 2.45) is 0 Å². The number of thiocarbonyl (C=S) groups is 1. The number of rotatable bonds is 3. The second-order valence-corrected chi connectivity index (χ2v) is 5.09. The molecule has 0 aliphatic rings. The van der Waals surface area contributed by atoms with Crippen LogP contribution >= 0.6 is 23.8 Å². The van der Waals surface area contributed by atoms with E-state index in [1.54, 1.807) is 48.5 Å². The number of nitrogens with one attached hydrogen (secondary N) is 3. The molecule has 3 N–H and O–H groups in total. The minimum atomic E-state index is -0.349. The molecule has 2 aromatic rings. The fourth-order valence-corrected chi connectivity index (χ4v) is 2.00. The molecule has 0 bridgehead atoms. The summed E-state index contributed by atoms with van der Waals surface area (Å²) in [7, 11) is 1.51. The fraction of sp³-hybridized carbons (Fsp3) is 0.0667. The maximum atomic E-state index is 12.1. The van der Waals surface area contributed by atoms with Crippen molar-refractivity contribution >= 4 is 40.5 Å². The number of amides is 1. The van der Waals surface area contributed by atoms with E-state index in [-0.39, 0.29) is 11.0 Å². The van der Waals surface area contributed by atoms with Crippen molar-refractivity contribution in [3.63, 3.8) is 0 Å². The third-order valence-corrected chi connectivity index (χ3v) is 3.20. The van der Waals surface area contributed by atoms with Crippen LogP contribution in [0.3, 0.4) is 0 Å². The van der Waals surface area contributed by atoms with Gasteiger partial charge in [-0.2, -0.15) is 0 Å². The first kappa shape index (κ1) is 16.1. The van der Waals surface area contributed by atoms with Gasteiger partial charge in [0, 0.05) is 10.7 Å². The number of hydrazine groups is 1. The van der Waals surface area contributed by atoms with Crippen molar-refractivity contribution < 1.29 is 9.53 Å². The highest BCUT2D eigenvalue weighted by molar-refractivity contribution is 7.80. The lowest BCUT2D eigenvalue weighted by molar-refractivity contribution is 0.0941. The molecule has 0 heterocycles. The molecule has 0 aliphatic heterocycles. The van der Waals surface area contributed by atoms with Crippen molar-refractivity contribution in [1.82, 2.24) is 10.9 Å². The molecule has 0 fully saturated rings. The van der Waals surface area contributed by atoms with E-state index >= 15 is 0 Å². The van der Waals surface area contributed by atoms with Crippen molar-refractivity contribution in [2.75, 3.05) is 12.4 Å². The Hall–Kier alpha value is -2.31. The smallest absolute Gasteiger partial charge is 0.273 e. The monoisotopic (exact) mass is 335 g/mol. The number of benzene rings is 2. The van der Waals surface area contributed by atoms with Gasteiger partial charge in [-0.05, 0) is 48.6 Å². The van der Waals surface area contributed by atoms with E-state index in [9.17, 15) is 4.79 Å². The van der Waals surface area contributed by atoms with E-state index in [1.165, 1.54) is 7.11 Å². The second-order valence-electron chi connectivity index (χ2n) is 4.24. The molecule has 0 radical (unpaired) electrons. The highest BCUT2D eigenvalue weighted by Gasteiger charge is 2.11. The number of ether oxygens (including phenoxy) is 1. The van der Waals surface area contributed by atoms with Gasteiger partial charge in [0.15, 0.2) is 5.11 Å². The molecule has 0 aromatic heterocycles. The van der Waals surface area contributed by atoms with Crippen LogP contribution in [0.25, 0.3) is 0 Å². The van der Waals surface area contributed by atoms with Gasteiger partial charge in [-0.15, -0.1) is 0 Å². The Morgan fingerprint density at radius 2 is 1.77 bits per heavy atom. The summed E-state index contributed by atoms with van der Waals surface area (Å²) in [4.78, 5) is 12.1. The number of hydrogen-bond acceptors (Lipinski definition) is 3. The fourth-order valence-electron chi connectivity index (χ4n) is 1.71. The van der Waals surface area contributed by atoms with Gasteiger partial charge in [0.1, 0.15) is 5.75 Å². The van der Waals surface area contributed by atoms with Gasteiger partial charge >= 0.3 is 0 Å². The third-order valence-electron chi connectivity index (χ3n) is 2.74. The van der Waals surface area contributed by atoms with E-state index in [0.717, 1.165) is 5.69 Å². The molecule has 0 unspecified atom stereocenters. The molecule has 0 aliphatic carbocycles.